The summed E-state index contributed by atoms with van der Waals surface area (Å²) in [6.07, 6.45) is 6.71. The molecule has 0 aliphatic heterocycles. The van der Waals surface area contributed by atoms with Gasteiger partial charge in [0.05, 0.1) is 0 Å². The van der Waals surface area contributed by atoms with Gasteiger partial charge in [-0.3, -0.25) is 0 Å². The summed E-state index contributed by atoms with van der Waals surface area (Å²) in [5.74, 6) is 0. The van der Waals surface area contributed by atoms with Gasteiger partial charge in [0, 0.05) is 6.54 Å². The normalized spacial score (nSPS) is 10.9. The van der Waals surface area contributed by atoms with Crippen LogP contribution in [0.5, 0.6) is 0 Å². The smallest absolute Gasteiger partial charge is 0.0205 e. The van der Waals surface area contributed by atoms with Gasteiger partial charge in [0.25, 0.3) is 0 Å². The monoisotopic (exact) mass is 189 g/mol. The van der Waals surface area contributed by atoms with E-state index >= 15 is 0 Å². The number of rotatable bonds is 6. The van der Waals surface area contributed by atoms with E-state index in [4.69, 9.17) is 0 Å². The minimum absolute atomic E-state index is 0.973. The highest BCUT2D eigenvalue weighted by Gasteiger charge is 1.88. The highest BCUT2D eigenvalue weighted by molar-refractivity contribution is 5.14. The molecule has 1 heteroatoms. The largest absolute Gasteiger partial charge is 0.312 e. The number of hydrogen-bond acceptors (Lipinski definition) is 1. The van der Waals surface area contributed by atoms with E-state index in [1.54, 1.807) is 0 Å². The van der Waals surface area contributed by atoms with Gasteiger partial charge in [-0.05, 0) is 24.9 Å². The van der Waals surface area contributed by atoms with Crippen molar-refractivity contribution in [1.82, 2.24) is 5.32 Å². The van der Waals surface area contributed by atoms with E-state index in [-0.39, 0.29) is 0 Å². The molecule has 0 saturated heterocycles. The van der Waals surface area contributed by atoms with E-state index in [1.165, 1.54) is 5.56 Å². The van der Waals surface area contributed by atoms with Crippen molar-refractivity contribution in [2.75, 3.05) is 6.54 Å². The van der Waals surface area contributed by atoms with Crippen LogP contribution >= 0.6 is 0 Å². The Kier molecular flexibility index (Phi) is 5.76. The van der Waals surface area contributed by atoms with E-state index in [9.17, 15) is 0 Å². The van der Waals surface area contributed by atoms with Crippen LogP contribution in [-0.4, -0.2) is 6.54 Å². The molecule has 0 saturated carbocycles. The maximum atomic E-state index is 3.41. The average molecular weight is 189 g/mol. The Hall–Kier alpha value is -1.08. The molecule has 0 atom stereocenters. The summed E-state index contributed by atoms with van der Waals surface area (Å²) in [5.41, 5.74) is 1.35. The Morgan fingerprint density at radius 2 is 1.93 bits per heavy atom. The van der Waals surface area contributed by atoms with Crippen LogP contribution in [0, 0.1) is 0 Å². The van der Waals surface area contributed by atoms with Crippen LogP contribution in [0.1, 0.15) is 25.3 Å². The van der Waals surface area contributed by atoms with Crippen molar-refractivity contribution in [1.29, 1.82) is 0 Å². The molecule has 0 amide bonds. The van der Waals surface area contributed by atoms with Crippen LogP contribution in [-0.2, 0) is 6.54 Å². The first-order valence-electron chi connectivity index (χ1n) is 5.33. The van der Waals surface area contributed by atoms with Gasteiger partial charge in [0.15, 0.2) is 0 Å². The Bertz CT molecular complexity index is 251. The molecule has 0 fully saturated rings. The molecule has 1 nitrogen and oxygen atoms in total. The van der Waals surface area contributed by atoms with Crippen molar-refractivity contribution in [3.05, 3.63) is 48.0 Å². The fourth-order valence-electron chi connectivity index (χ4n) is 1.30. The minimum atomic E-state index is 0.973. The lowest BCUT2D eigenvalue weighted by Gasteiger charge is -2.02. The summed E-state index contributed by atoms with van der Waals surface area (Å²) in [6, 6.07) is 10.5. The van der Waals surface area contributed by atoms with Crippen molar-refractivity contribution >= 4 is 0 Å². The number of nitrogens with one attached hydrogen (secondary N) is 1. The lowest BCUT2D eigenvalue weighted by Crippen LogP contribution is -2.13. The standard InChI is InChI=1S/C13H19N/c1-2-3-4-8-11-14-12-13-9-6-5-7-10-13/h3-7,9-10,14H,2,8,11-12H2,1H3/b4-3+. The first kappa shape index (κ1) is 11.0. The molecule has 1 aromatic rings. The van der Waals surface area contributed by atoms with Gasteiger partial charge in [-0.2, -0.15) is 0 Å². The first-order valence-corrected chi connectivity index (χ1v) is 5.33. The van der Waals surface area contributed by atoms with E-state index < -0.39 is 0 Å². The summed E-state index contributed by atoms with van der Waals surface area (Å²) in [7, 11) is 0. The Morgan fingerprint density at radius 1 is 1.14 bits per heavy atom. The molecule has 0 aliphatic rings. The van der Waals surface area contributed by atoms with Crippen LogP contribution in [0.15, 0.2) is 42.5 Å². The van der Waals surface area contributed by atoms with Crippen LogP contribution in [0.4, 0.5) is 0 Å². The van der Waals surface area contributed by atoms with Gasteiger partial charge < -0.3 is 5.32 Å². The van der Waals surface area contributed by atoms with Crippen molar-refractivity contribution in [2.45, 2.75) is 26.3 Å². The average Bonchev–Trinajstić information content (AvgIpc) is 2.25. The lowest BCUT2D eigenvalue weighted by atomic mass is 10.2. The first-order chi connectivity index (χ1) is 6.93. The second-order valence-electron chi connectivity index (χ2n) is 3.33. The highest BCUT2D eigenvalue weighted by Crippen LogP contribution is 1.97. The zero-order valence-electron chi connectivity index (χ0n) is 8.87. The van der Waals surface area contributed by atoms with Gasteiger partial charge in [0.1, 0.15) is 0 Å². The molecule has 76 valence electrons. The topological polar surface area (TPSA) is 12.0 Å². The SMILES string of the molecule is CC/C=C/CCNCc1ccccc1. The maximum Gasteiger partial charge on any atom is 0.0205 e. The van der Waals surface area contributed by atoms with E-state index in [1.807, 2.05) is 6.07 Å². The van der Waals surface area contributed by atoms with Crippen molar-refractivity contribution in [2.24, 2.45) is 0 Å². The molecule has 0 radical (unpaired) electrons. The van der Waals surface area contributed by atoms with Crippen LogP contribution in [0.3, 0.4) is 0 Å². The second-order valence-corrected chi connectivity index (χ2v) is 3.33. The Balaban J connectivity index is 2.07. The predicted molar refractivity (Wildman–Crippen MR) is 62.2 cm³/mol. The molecule has 0 spiro atoms. The third kappa shape index (κ3) is 4.83. The molecular weight excluding hydrogens is 170 g/mol. The summed E-state index contributed by atoms with van der Waals surface area (Å²) in [4.78, 5) is 0. The fourth-order valence-corrected chi connectivity index (χ4v) is 1.30. The highest BCUT2D eigenvalue weighted by atomic mass is 14.8. The predicted octanol–water partition coefficient (Wildman–Crippen LogP) is 3.13. The van der Waals surface area contributed by atoms with Crippen LogP contribution < -0.4 is 5.32 Å². The molecule has 1 N–H and O–H groups in total. The second kappa shape index (κ2) is 7.34. The van der Waals surface area contributed by atoms with E-state index in [2.05, 4.69) is 48.7 Å². The Morgan fingerprint density at radius 3 is 2.64 bits per heavy atom. The van der Waals surface area contributed by atoms with E-state index in [0.29, 0.717) is 0 Å². The zero-order chi connectivity index (χ0) is 10.1. The summed E-state index contributed by atoms with van der Waals surface area (Å²) < 4.78 is 0. The number of allylic oxidation sites excluding steroid dienone is 1. The summed E-state index contributed by atoms with van der Waals surface area (Å²) >= 11 is 0. The van der Waals surface area contributed by atoms with Crippen LogP contribution in [0.2, 0.25) is 0 Å². The molecule has 1 rings (SSSR count). The molecular formula is C13H19N. The van der Waals surface area contributed by atoms with E-state index in [0.717, 1.165) is 25.9 Å². The zero-order valence-corrected chi connectivity index (χ0v) is 8.87. The number of hydrogen-bond donors (Lipinski definition) is 1. The molecule has 0 aliphatic carbocycles. The molecule has 1 aromatic carbocycles. The quantitative estimate of drug-likeness (QED) is 0.535. The maximum absolute atomic E-state index is 3.41. The van der Waals surface area contributed by atoms with Gasteiger partial charge in [-0.25, -0.2) is 0 Å². The number of benzene rings is 1. The molecule has 0 heterocycles. The van der Waals surface area contributed by atoms with Gasteiger partial charge in [-0.15, -0.1) is 0 Å². The van der Waals surface area contributed by atoms with Crippen LogP contribution in [0.25, 0.3) is 0 Å². The van der Waals surface area contributed by atoms with Gasteiger partial charge in [-0.1, -0.05) is 49.4 Å². The molecule has 0 unspecified atom stereocenters. The van der Waals surface area contributed by atoms with Crippen molar-refractivity contribution < 1.29 is 0 Å². The van der Waals surface area contributed by atoms with Crippen molar-refractivity contribution in [3.8, 4) is 0 Å². The summed E-state index contributed by atoms with van der Waals surface area (Å²) in [6.45, 7) is 4.19. The lowest BCUT2D eigenvalue weighted by molar-refractivity contribution is 0.695. The van der Waals surface area contributed by atoms with Crippen molar-refractivity contribution in [3.63, 3.8) is 0 Å². The van der Waals surface area contributed by atoms with Gasteiger partial charge >= 0.3 is 0 Å². The molecule has 0 bridgehead atoms. The minimum Gasteiger partial charge on any atom is -0.312 e. The third-order valence-electron chi connectivity index (χ3n) is 2.06. The molecule has 14 heavy (non-hydrogen) atoms. The fraction of sp³-hybridized carbons (Fsp3) is 0.385. The summed E-state index contributed by atoms with van der Waals surface area (Å²) in [5, 5.41) is 3.41. The molecule has 0 aromatic heterocycles. The Labute approximate surface area is 86.8 Å². The third-order valence-corrected chi connectivity index (χ3v) is 2.06. The van der Waals surface area contributed by atoms with Gasteiger partial charge in [0.2, 0.25) is 0 Å².